The average molecular weight is 218 g/mol. The summed E-state index contributed by atoms with van der Waals surface area (Å²) in [6.45, 7) is 1.92. The van der Waals surface area contributed by atoms with Crippen LogP contribution in [-0.4, -0.2) is 19.3 Å². The van der Waals surface area contributed by atoms with Gasteiger partial charge >= 0.3 is 0 Å². The second-order valence-corrected chi connectivity index (χ2v) is 3.63. The summed E-state index contributed by atoms with van der Waals surface area (Å²) in [6.07, 6.45) is 0. The molecule has 0 saturated heterocycles. The Morgan fingerprint density at radius 1 is 1.12 bits per heavy atom. The molecule has 2 rings (SSSR count). The van der Waals surface area contributed by atoms with Crippen molar-refractivity contribution in [2.45, 2.75) is 6.92 Å². The Bertz CT molecular complexity index is 532. The third-order valence-electron chi connectivity index (χ3n) is 2.66. The number of ether oxygens (including phenoxy) is 2. The highest BCUT2D eigenvalue weighted by Gasteiger charge is 2.13. The first kappa shape index (κ1) is 10.6. The van der Waals surface area contributed by atoms with E-state index in [0.29, 0.717) is 11.1 Å². The zero-order chi connectivity index (χ0) is 11.7. The standard InChI is InChI=1S/C13H14O3/c1-8-7-11(15-2)9-5-4-6-10(14)12(9)13(8)16-3/h4-7,14H,1-3H3. The predicted molar refractivity (Wildman–Crippen MR) is 63.5 cm³/mol. The number of phenolic OH excluding ortho intramolecular Hbond substituents is 1. The van der Waals surface area contributed by atoms with Crippen molar-refractivity contribution in [3.05, 3.63) is 29.8 Å². The average Bonchev–Trinajstić information content (AvgIpc) is 2.29. The number of fused-ring (bicyclic) bond motifs is 1. The zero-order valence-electron chi connectivity index (χ0n) is 9.57. The van der Waals surface area contributed by atoms with Gasteiger partial charge < -0.3 is 14.6 Å². The summed E-state index contributed by atoms with van der Waals surface area (Å²) in [5, 5.41) is 11.4. The van der Waals surface area contributed by atoms with E-state index in [1.807, 2.05) is 19.1 Å². The Hall–Kier alpha value is -1.90. The smallest absolute Gasteiger partial charge is 0.133 e. The maximum atomic E-state index is 9.89. The second kappa shape index (κ2) is 3.93. The number of methoxy groups -OCH3 is 2. The van der Waals surface area contributed by atoms with E-state index in [2.05, 4.69) is 0 Å². The molecule has 0 aliphatic heterocycles. The van der Waals surface area contributed by atoms with Crippen molar-refractivity contribution in [1.29, 1.82) is 0 Å². The summed E-state index contributed by atoms with van der Waals surface area (Å²) < 4.78 is 10.6. The fourth-order valence-corrected chi connectivity index (χ4v) is 1.95. The van der Waals surface area contributed by atoms with Crippen LogP contribution >= 0.6 is 0 Å². The summed E-state index contributed by atoms with van der Waals surface area (Å²) in [4.78, 5) is 0. The van der Waals surface area contributed by atoms with Gasteiger partial charge in [-0.05, 0) is 24.6 Å². The van der Waals surface area contributed by atoms with Crippen LogP contribution in [0.4, 0.5) is 0 Å². The fourth-order valence-electron chi connectivity index (χ4n) is 1.95. The van der Waals surface area contributed by atoms with Gasteiger partial charge in [-0.3, -0.25) is 0 Å². The lowest BCUT2D eigenvalue weighted by Gasteiger charge is -2.13. The van der Waals surface area contributed by atoms with Crippen molar-refractivity contribution in [3.63, 3.8) is 0 Å². The van der Waals surface area contributed by atoms with Gasteiger partial charge in [0.1, 0.15) is 17.2 Å². The van der Waals surface area contributed by atoms with E-state index in [4.69, 9.17) is 9.47 Å². The summed E-state index contributed by atoms with van der Waals surface area (Å²) in [6, 6.07) is 7.23. The van der Waals surface area contributed by atoms with Crippen molar-refractivity contribution in [2.75, 3.05) is 14.2 Å². The maximum absolute atomic E-state index is 9.89. The highest BCUT2D eigenvalue weighted by molar-refractivity contribution is 5.98. The van der Waals surface area contributed by atoms with E-state index in [0.717, 1.165) is 16.7 Å². The van der Waals surface area contributed by atoms with Crippen molar-refractivity contribution in [3.8, 4) is 17.2 Å². The SMILES string of the molecule is COc1cc(C)c(OC)c2c(O)cccc12. The van der Waals surface area contributed by atoms with Crippen LogP contribution in [0.25, 0.3) is 10.8 Å². The molecule has 0 aliphatic carbocycles. The monoisotopic (exact) mass is 218 g/mol. The molecular weight excluding hydrogens is 204 g/mol. The zero-order valence-corrected chi connectivity index (χ0v) is 9.57. The molecule has 0 aliphatic rings. The van der Waals surface area contributed by atoms with E-state index in [9.17, 15) is 5.11 Å². The van der Waals surface area contributed by atoms with Gasteiger partial charge in [-0.25, -0.2) is 0 Å². The van der Waals surface area contributed by atoms with Crippen LogP contribution in [-0.2, 0) is 0 Å². The summed E-state index contributed by atoms with van der Waals surface area (Å²) in [5.74, 6) is 1.63. The summed E-state index contributed by atoms with van der Waals surface area (Å²) in [5.41, 5.74) is 0.938. The first-order chi connectivity index (χ1) is 7.69. The Balaban J connectivity index is 2.94. The van der Waals surface area contributed by atoms with Gasteiger partial charge in [-0.1, -0.05) is 12.1 Å². The van der Waals surface area contributed by atoms with Crippen molar-refractivity contribution in [2.24, 2.45) is 0 Å². The van der Waals surface area contributed by atoms with Crippen LogP contribution in [0.2, 0.25) is 0 Å². The summed E-state index contributed by atoms with van der Waals surface area (Å²) in [7, 11) is 3.21. The molecule has 0 atom stereocenters. The van der Waals surface area contributed by atoms with Crippen LogP contribution in [0.3, 0.4) is 0 Å². The van der Waals surface area contributed by atoms with Gasteiger partial charge in [-0.2, -0.15) is 0 Å². The first-order valence-corrected chi connectivity index (χ1v) is 5.02. The van der Waals surface area contributed by atoms with Crippen LogP contribution < -0.4 is 9.47 Å². The third kappa shape index (κ3) is 1.45. The molecular formula is C13H14O3. The van der Waals surface area contributed by atoms with Crippen LogP contribution in [0, 0.1) is 6.92 Å². The van der Waals surface area contributed by atoms with Gasteiger partial charge in [0.25, 0.3) is 0 Å². The Morgan fingerprint density at radius 3 is 2.50 bits per heavy atom. The molecule has 1 N–H and O–H groups in total. The lowest BCUT2D eigenvalue weighted by atomic mass is 10.0. The molecule has 3 nitrogen and oxygen atoms in total. The highest BCUT2D eigenvalue weighted by Crippen LogP contribution is 2.40. The minimum atomic E-state index is 0.205. The molecule has 0 saturated carbocycles. The second-order valence-electron chi connectivity index (χ2n) is 3.63. The Labute approximate surface area is 94.2 Å². The fraction of sp³-hybridized carbons (Fsp3) is 0.231. The van der Waals surface area contributed by atoms with Crippen LogP contribution in [0.1, 0.15) is 5.56 Å². The number of aryl methyl sites for hydroxylation is 1. The van der Waals surface area contributed by atoms with Gasteiger partial charge in [0.15, 0.2) is 0 Å². The van der Waals surface area contributed by atoms with Crippen molar-refractivity contribution >= 4 is 10.8 Å². The van der Waals surface area contributed by atoms with E-state index >= 15 is 0 Å². The third-order valence-corrected chi connectivity index (χ3v) is 2.66. The minimum Gasteiger partial charge on any atom is -0.507 e. The molecule has 0 heterocycles. The largest absolute Gasteiger partial charge is 0.507 e. The first-order valence-electron chi connectivity index (χ1n) is 5.02. The van der Waals surface area contributed by atoms with Gasteiger partial charge in [0.05, 0.1) is 19.6 Å². The van der Waals surface area contributed by atoms with Crippen LogP contribution in [0.15, 0.2) is 24.3 Å². The van der Waals surface area contributed by atoms with Gasteiger partial charge in [0, 0.05) is 5.39 Å². The van der Waals surface area contributed by atoms with E-state index in [-0.39, 0.29) is 5.75 Å². The molecule has 2 aromatic carbocycles. The quantitative estimate of drug-likeness (QED) is 0.842. The van der Waals surface area contributed by atoms with E-state index in [1.54, 1.807) is 26.4 Å². The molecule has 0 spiro atoms. The molecule has 16 heavy (non-hydrogen) atoms. The lowest BCUT2D eigenvalue weighted by Crippen LogP contribution is -1.93. The minimum absolute atomic E-state index is 0.205. The number of benzene rings is 2. The number of hydrogen-bond donors (Lipinski definition) is 1. The highest BCUT2D eigenvalue weighted by atomic mass is 16.5. The molecule has 0 fully saturated rings. The Morgan fingerprint density at radius 2 is 1.88 bits per heavy atom. The molecule has 0 unspecified atom stereocenters. The van der Waals surface area contributed by atoms with Gasteiger partial charge in [0.2, 0.25) is 0 Å². The maximum Gasteiger partial charge on any atom is 0.133 e. The molecule has 3 heteroatoms. The molecule has 0 aromatic heterocycles. The number of phenols is 1. The molecule has 2 aromatic rings. The summed E-state index contributed by atoms with van der Waals surface area (Å²) >= 11 is 0. The molecule has 0 bridgehead atoms. The lowest BCUT2D eigenvalue weighted by molar-refractivity contribution is 0.405. The predicted octanol–water partition coefficient (Wildman–Crippen LogP) is 2.87. The normalized spacial score (nSPS) is 10.4. The van der Waals surface area contributed by atoms with Gasteiger partial charge in [-0.15, -0.1) is 0 Å². The van der Waals surface area contributed by atoms with Crippen LogP contribution in [0.5, 0.6) is 17.2 Å². The molecule has 0 radical (unpaired) electrons. The molecule has 84 valence electrons. The number of hydrogen-bond acceptors (Lipinski definition) is 3. The topological polar surface area (TPSA) is 38.7 Å². The molecule has 0 amide bonds. The van der Waals surface area contributed by atoms with E-state index < -0.39 is 0 Å². The van der Waals surface area contributed by atoms with Crippen molar-refractivity contribution < 1.29 is 14.6 Å². The Kier molecular flexibility index (Phi) is 2.60. The number of rotatable bonds is 2. The number of aromatic hydroxyl groups is 1. The van der Waals surface area contributed by atoms with Crippen molar-refractivity contribution in [1.82, 2.24) is 0 Å². The van der Waals surface area contributed by atoms with E-state index in [1.165, 1.54) is 0 Å².